The summed E-state index contributed by atoms with van der Waals surface area (Å²) in [4.78, 5) is 37.1. The van der Waals surface area contributed by atoms with Crippen LogP contribution in [-0.4, -0.2) is 36.1 Å². The van der Waals surface area contributed by atoms with Crippen molar-refractivity contribution in [1.29, 1.82) is 0 Å². The van der Waals surface area contributed by atoms with E-state index < -0.39 is 22.9 Å². The second-order valence-corrected chi connectivity index (χ2v) is 8.30. The standard InChI is InChI=1S/C20H17ClF3N3O3S/c21-13-5-6-15-14(9-13)27-19(30)16(31-15)10-17(28)25-7-8-26-18(29)11-1-3-12(4-2-11)20(22,23)24/h1-6,9,16H,7-8,10H2,(H,25,28)(H,26,29)(H,27,30). The van der Waals surface area contributed by atoms with Crippen LogP contribution in [0.15, 0.2) is 47.4 Å². The summed E-state index contributed by atoms with van der Waals surface area (Å²) in [5.41, 5.74) is -0.162. The van der Waals surface area contributed by atoms with Crippen molar-refractivity contribution in [3.63, 3.8) is 0 Å². The van der Waals surface area contributed by atoms with Gasteiger partial charge in [0.05, 0.1) is 16.5 Å². The number of hydrogen-bond acceptors (Lipinski definition) is 4. The number of halogens is 4. The van der Waals surface area contributed by atoms with Crippen LogP contribution in [0.3, 0.4) is 0 Å². The van der Waals surface area contributed by atoms with Crippen LogP contribution in [0.4, 0.5) is 18.9 Å². The Morgan fingerprint density at radius 2 is 1.74 bits per heavy atom. The number of thioether (sulfide) groups is 1. The summed E-state index contributed by atoms with van der Waals surface area (Å²) >= 11 is 7.17. The summed E-state index contributed by atoms with van der Waals surface area (Å²) in [6.45, 7) is 0.188. The summed E-state index contributed by atoms with van der Waals surface area (Å²) in [5, 5.41) is 7.73. The highest BCUT2D eigenvalue weighted by Crippen LogP contribution is 2.38. The van der Waals surface area contributed by atoms with E-state index in [4.69, 9.17) is 11.6 Å². The van der Waals surface area contributed by atoms with Crippen LogP contribution in [0, 0.1) is 0 Å². The van der Waals surface area contributed by atoms with Crippen LogP contribution in [0.2, 0.25) is 5.02 Å². The minimum Gasteiger partial charge on any atom is -0.354 e. The lowest BCUT2D eigenvalue weighted by Gasteiger charge is -2.23. The number of rotatable bonds is 6. The molecule has 0 aliphatic carbocycles. The van der Waals surface area contributed by atoms with Crippen molar-refractivity contribution in [3.8, 4) is 0 Å². The van der Waals surface area contributed by atoms with E-state index in [9.17, 15) is 27.6 Å². The van der Waals surface area contributed by atoms with E-state index in [-0.39, 0.29) is 36.9 Å². The zero-order valence-corrected chi connectivity index (χ0v) is 17.5. The smallest absolute Gasteiger partial charge is 0.354 e. The number of hydrogen-bond donors (Lipinski definition) is 3. The molecule has 31 heavy (non-hydrogen) atoms. The molecule has 1 atom stereocenters. The maximum absolute atomic E-state index is 12.6. The number of carbonyl (C=O) groups excluding carboxylic acids is 3. The minimum atomic E-state index is -4.47. The van der Waals surface area contributed by atoms with Crippen LogP contribution in [0.1, 0.15) is 22.3 Å². The zero-order chi connectivity index (χ0) is 22.6. The molecule has 0 spiro atoms. The molecule has 0 aromatic heterocycles. The van der Waals surface area contributed by atoms with Gasteiger partial charge in [0.15, 0.2) is 0 Å². The molecule has 1 aliphatic heterocycles. The van der Waals surface area contributed by atoms with Crippen molar-refractivity contribution in [3.05, 3.63) is 58.6 Å². The number of anilines is 1. The molecule has 1 aliphatic rings. The van der Waals surface area contributed by atoms with E-state index in [2.05, 4.69) is 16.0 Å². The molecule has 0 saturated heterocycles. The Kier molecular flexibility index (Phi) is 7.11. The molecule has 1 unspecified atom stereocenters. The van der Waals surface area contributed by atoms with Gasteiger partial charge in [0.1, 0.15) is 0 Å². The van der Waals surface area contributed by atoms with E-state index >= 15 is 0 Å². The van der Waals surface area contributed by atoms with Gasteiger partial charge in [0.2, 0.25) is 11.8 Å². The number of amides is 3. The van der Waals surface area contributed by atoms with Gasteiger partial charge < -0.3 is 16.0 Å². The third-order valence-electron chi connectivity index (χ3n) is 4.34. The van der Waals surface area contributed by atoms with E-state index in [1.165, 1.54) is 11.8 Å². The third kappa shape index (κ3) is 6.14. The van der Waals surface area contributed by atoms with E-state index in [1.807, 2.05) is 0 Å². The van der Waals surface area contributed by atoms with Crippen LogP contribution >= 0.6 is 23.4 Å². The summed E-state index contributed by atoms with van der Waals surface area (Å²) in [7, 11) is 0. The van der Waals surface area contributed by atoms with Crippen LogP contribution in [-0.2, 0) is 15.8 Å². The van der Waals surface area contributed by atoms with E-state index in [0.717, 1.165) is 29.2 Å². The normalized spacial score (nSPS) is 15.6. The van der Waals surface area contributed by atoms with Crippen LogP contribution < -0.4 is 16.0 Å². The van der Waals surface area contributed by atoms with Gasteiger partial charge in [0.25, 0.3) is 5.91 Å². The Morgan fingerprint density at radius 3 is 2.42 bits per heavy atom. The fourth-order valence-electron chi connectivity index (χ4n) is 2.79. The first-order valence-electron chi connectivity index (χ1n) is 9.13. The molecule has 164 valence electrons. The molecule has 3 N–H and O–H groups in total. The van der Waals surface area contributed by atoms with E-state index in [1.54, 1.807) is 18.2 Å². The van der Waals surface area contributed by atoms with Gasteiger partial charge in [-0.3, -0.25) is 14.4 Å². The molecule has 2 aromatic carbocycles. The average Bonchev–Trinajstić information content (AvgIpc) is 2.71. The molecule has 0 saturated carbocycles. The maximum atomic E-state index is 12.6. The summed E-state index contributed by atoms with van der Waals surface area (Å²) in [6.07, 6.45) is -4.52. The molecular formula is C20H17ClF3N3O3S. The summed E-state index contributed by atoms with van der Waals surface area (Å²) in [5.74, 6) is -1.22. The zero-order valence-electron chi connectivity index (χ0n) is 15.9. The SMILES string of the molecule is O=C(CC1Sc2ccc(Cl)cc2NC1=O)NCCNC(=O)c1ccc(C(F)(F)F)cc1. The first-order valence-corrected chi connectivity index (χ1v) is 10.4. The monoisotopic (exact) mass is 471 g/mol. The predicted molar refractivity (Wildman–Crippen MR) is 111 cm³/mol. The second kappa shape index (κ2) is 9.61. The first kappa shape index (κ1) is 23.0. The highest BCUT2D eigenvalue weighted by Gasteiger charge is 2.30. The van der Waals surface area contributed by atoms with Crippen molar-refractivity contribution < 1.29 is 27.6 Å². The molecule has 6 nitrogen and oxygen atoms in total. The van der Waals surface area contributed by atoms with Crippen molar-refractivity contribution in [1.82, 2.24) is 10.6 Å². The van der Waals surface area contributed by atoms with Gasteiger partial charge in [0, 0.05) is 35.0 Å². The van der Waals surface area contributed by atoms with Gasteiger partial charge in [-0.15, -0.1) is 11.8 Å². The Labute approximate surface area is 184 Å². The van der Waals surface area contributed by atoms with Crippen LogP contribution in [0.5, 0.6) is 0 Å². The predicted octanol–water partition coefficient (Wildman–Crippen LogP) is 3.71. The first-order chi connectivity index (χ1) is 14.6. The number of nitrogens with one attached hydrogen (secondary N) is 3. The quantitative estimate of drug-likeness (QED) is 0.560. The fourth-order valence-corrected chi connectivity index (χ4v) is 4.05. The molecule has 3 rings (SSSR count). The molecule has 0 radical (unpaired) electrons. The molecule has 0 bridgehead atoms. The van der Waals surface area contributed by atoms with Gasteiger partial charge in [-0.05, 0) is 42.5 Å². The van der Waals surface area contributed by atoms with Crippen molar-refractivity contribution in [2.45, 2.75) is 22.7 Å². The number of carbonyl (C=O) groups is 3. The van der Waals surface area contributed by atoms with Gasteiger partial charge in [-0.25, -0.2) is 0 Å². The van der Waals surface area contributed by atoms with Gasteiger partial charge in [-0.1, -0.05) is 11.6 Å². The van der Waals surface area contributed by atoms with Crippen LogP contribution in [0.25, 0.3) is 0 Å². The van der Waals surface area contributed by atoms with Crippen molar-refractivity contribution >= 4 is 46.8 Å². The Balaban J connectivity index is 1.42. The number of alkyl halides is 3. The lowest BCUT2D eigenvalue weighted by molar-refractivity contribution is -0.137. The topological polar surface area (TPSA) is 87.3 Å². The van der Waals surface area contributed by atoms with Crippen molar-refractivity contribution in [2.24, 2.45) is 0 Å². The Morgan fingerprint density at radius 1 is 1.06 bits per heavy atom. The number of benzene rings is 2. The highest BCUT2D eigenvalue weighted by molar-refractivity contribution is 8.01. The molecule has 11 heteroatoms. The maximum Gasteiger partial charge on any atom is 0.416 e. The van der Waals surface area contributed by atoms with Gasteiger partial charge >= 0.3 is 6.18 Å². The lowest BCUT2D eigenvalue weighted by Crippen LogP contribution is -2.38. The average molecular weight is 472 g/mol. The molecule has 0 fully saturated rings. The van der Waals surface area contributed by atoms with Crippen molar-refractivity contribution in [2.75, 3.05) is 18.4 Å². The summed E-state index contributed by atoms with van der Waals surface area (Å²) in [6, 6.07) is 8.93. The van der Waals surface area contributed by atoms with Gasteiger partial charge in [-0.2, -0.15) is 13.2 Å². The largest absolute Gasteiger partial charge is 0.416 e. The van der Waals surface area contributed by atoms with E-state index in [0.29, 0.717) is 10.7 Å². The minimum absolute atomic E-state index is 0.0502. The molecular weight excluding hydrogens is 455 g/mol. The third-order valence-corrected chi connectivity index (χ3v) is 5.85. The lowest BCUT2D eigenvalue weighted by atomic mass is 10.1. The molecule has 3 amide bonds. The molecule has 2 aromatic rings. The Hall–Kier alpha value is -2.72. The highest BCUT2D eigenvalue weighted by atomic mass is 35.5. The fraction of sp³-hybridized carbons (Fsp3) is 0.250. The summed E-state index contributed by atoms with van der Waals surface area (Å²) < 4.78 is 37.7. The molecule has 1 heterocycles. The number of fused-ring (bicyclic) bond motifs is 1. The second-order valence-electron chi connectivity index (χ2n) is 6.62. The Bertz CT molecular complexity index is 999.